The molecule has 0 aliphatic heterocycles. The van der Waals surface area contributed by atoms with E-state index in [0.29, 0.717) is 6.61 Å². The molecule has 0 amide bonds. The normalized spacial score (nSPS) is 20.2. The molecule has 1 aliphatic carbocycles. The molecule has 0 N–H and O–H groups in total. The third kappa shape index (κ3) is 4.07. The average molecular weight is 284 g/mol. The number of hydrogen-bond donors (Lipinski definition) is 0. The second kappa shape index (κ2) is 6.75. The first kappa shape index (κ1) is 14.1. The van der Waals surface area contributed by atoms with Gasteiger partial charge in [0.2, 0.25) is 0 Å². The van der Waals surface area contributed by atoms with Crippen LogP contribution < -0.4 is 4.74 Å². The largest absolute Gasteiger partial charge is 0.494 e. The molecule has 110 valence electrons. The highest BCUT2D eigenvalue weighted by atomic mass is 19.1. The van der Waals surface area contributed by atoms with Crippen molar-refractivity contribution in [2.24, 2.45) is 5.92 Å². The lowest BCUT2D eigenvalue weighted by Crippen LogP contribution is -1.97. The maximum absolute atomic E-state index is 12.7. The Morgan fingerprint density at radius 1 is 0.952 bits per heavy atom. The zero-order valence-corrected chi connectivity index (χ0v) is 12.2. The van der Waals surface area contributed by atoms with Crippen molar-refractivity contribution in [2.75, 3.05) is 6.61 Å². The van der Waals surface area contributed by atoms with E-state index in [-0.39, 0.29) is 5.82 Å². The maximum atomic E-state index is 12.7. The van der Waals surface area contributed by atoms with Gasteiger partial charge >= 0.3 is 0 Å². The molecule has 1 fully saturated rings. The highest BCUT2D eigenvalue weighted by molar-refractivity contribution is 5.25. The van der Waals surface area contributed by atoms with Gasteiger partial charge in [-0.05, 0) is 67.3 Å². The summed E-state index contributed by atoms with van der Waals surface area (Å²) in [6.45, 7) is 0.717. The summed E-state index contributed by atoms with van der Waals surface area (Å²) in [5.74, 6) is 2.18. The van der Waals surface area contributed by atoms with Crippen LogP contribution in [0.1, 0.15) is 37.2 Å². The van der Waals surface area contributed by atoms with Crippen molar-refractivity contribution in [1.82, 2.24) is 0 Å². The molecule has 1 nitrogen and oxygen atoms in total. The molecule has 2 heteroatoms. The predicted octanol–water partition coefficient (Wildman–Crippen LogP) is 5.18. The van der Waals surface area contributed by atoms with Crippen molar-refractivity contribution >= 4 is 0 Å². The van der Waals surface area contributed by atoms with Crippen LogP contribution >= 0.6 is 0 Å². The Balaban J connectivity index is 1.30. The smallest absolute Gasteiger partial charge is 0.123 e. The minimum Gasteiger partial charge on any atom is -0.494 e. The minimum absolute atomic E-state index is 0.219. The molecule has 2 aromatic rings. The number of rotatable bonds is 7. The molecule has 21 heavy (non-hydrogen) atoms. The number of ether oxygens (including phenoxy) is 1. The van der Waals surface area contributed by atoms with E-state index in [1.54, 1.807) is 12.1 Å². The van der Waals surface area contributed by atoms with Gasteiger partial charge in [-0.1, -0.05) is 30.3 Å². The van der Waals surface area contributed by atoms with E-state index in [2.05, 4.69) is 30.3 Å². The fourth-order valence-electron chi connectivity index (χ4n) is 2.90. The molecule has 3 rings (SSSR count). The van der Waals surface area contributed by atoms with Crippen LogP contribution in [-0.4, -0.2) is 6.61 Å². The molecule has 2 aromatic carbocycles. The molecule has 2 atom stereocenters. The molecule has 0 spiro atoms. The van der Waals surface area contributed by atoms with Crippen molar-refractivity contribution in [3.63, 3.8) is 0 Å². The maximum Gasteiger partial charge on any atom is 0.123 e. The van der Waals surface area contributed by atoms with Crippen LogP contribution in [0.25, 0.3) is 0 Å². The monoisotopic (exact) mass is 284 g/mol. The van der Waals surface area contributed by atoms with Crippen molar-refractivity contribution in [1.29, 1.82) is 0 Å². The van der Waals surface area contributed by atoms with E-state index in [9.17, 15) is 4.39 Å². The van der Waals surface area contributed by atoms with Crippen molar-refractivity contribution < 1.29 is 9.13 Å². The van der Waals surface area contributed by atoms with Gasteiger partial charge in [0.15, 0.2) is 0 Å². The SMILES string of the molecule is Fc1ccc(OCCCCC2CC2c2ccccc2)cc1. The van der Waals surface area contributed by atoms with E-state index < -0.39 is 0 Å². The van der Waals surface area contributed by atoms with Gasteiger partial charge in [-0.25, -0.2) is 4.39 Å². The summed E-state index contributed by atoms with van der Waals surface area (Å²) in [4.78, 5) is 0. The Labute approximate surface area is 125 Å². The summed E-state index contributed by atoms with van der Waals surface area (Å²) in [6, 6.07) is 17.0. The van der Waals surface area contributed by atoms with E-state index >= 15 is 0 Å². The summed E-state index contributed by atoms with van der Waals surface area (Å²) >= 11 is 0. The molecule has 0 aromatic heterocycles. The minimum atomic E-state index is -0.219. The molecule has 1 saturated carbocycles. The van der Waals surface area contributed by atoms with Gasteiger partial charge in [-0.15, -0.1) is 0 Å². The van der Waals surface area contributed by atoms with E-state index in [1.165, 1.54) is 37.0 Å². The lowest BCUT2D eigenvalue weighted by atomic mass is 10.1. The van der Waals surface area contributed by atoms with Crippen LogP contribution in [0.3, 0.4) is 0 Å². The van der Waals surface area contributed by atoms with Crippen LogP contribution in [0.5, 0.6) is 5.75 Å². The Hall–Kier alpha value is -1.83. The first-order valence-electron chi connectivity index (χ1n) is 7.76. The molecule has 0 radical (unpaired) electrons. The Bertz CT molecular complexity index is 550. The predicted molar refractivity (Wildman–Crippen MR) is 83.0 cm³/mol. The fourth-order valence-corrected chi connectivity index (χ4v) is 2.90. The highest BCUT2D eigenvalue weighted by Crippen LogP contribution is 2.50. The molecular weight excluding hydrogens is 263 g/mol. The standard InChI is InChI=1S/C19H21FO/c20-17-9-11-18(12-10-17)21-13-5-4-8-16-14-19(16)15-6-2-1-3-7-15/h1-3,6-7,9-12,16,19H,4-5,8,13-14H2. The third-order valence-corrected chi connectivity index (χ3v) is 4.20. The van der Waals surface area contributed by atoms with Crippen LogP contribution in [0.4, 0.5) is 4.39 Å². The Morgan fingerprint density at radius 3 is 2.48 bits per heavy atom. The zero-order chi connectivity index (χ0) is 14.5. The lowest BCUT2D eigenvalue weighted by molar-refractivity contribution is 0.303. The fraction of sp³-hybridized carbons (Fsp3) is 0.368. The molecule has 1 aliphatic rings. The third-order valence-electron chi connectivity index (χ3n) is 4.20. The second-order valence-electron chi connectivity index (χ2n) is 5.81. The van der Waals surface area contributed by atoms with Gasteiger partial charge in [-0.2, -0.15) is 0 Å². The molecule has 0 bridgehead atoms. The quantitative estimate of drug-likeness (QED) is 0.637. The zero-order valence-electron chi connectivity index (χ0n) is 12.2. The van der Waals surface area contributed by atoms with Crippen LogP contribution in [-0.2, 0) is 0 Å². The summed E-state index contributed by atoms with van der Waals surface area (Å²) in [5, 5.41) is 0. The first-order valence-corrected chi connectivity index (χ1v) is 7.76. The Morgan fingerprint density at radius 2 is 1.71 bits per heavy atom. The Kier molecular flexibility index (Phi) is 4.54. The van der Waals surface area contributed by atoms with Gasteiger partial charge in [0.05, 0.1) is 6.61 Å². The summed E-state index contributed by atoms with van der Waals surface area (Å²) < 4.78 is 18.4. The van der Waals surface area contributed by atoms with Gasteiger partial charge in [-0.3, -0.25) is 0 Å². The molecule has 2 unspecified atom stereocenters. The van der Waals surface area contributed by atoms with E-state index in [0.717, 1.165) is 24.0 Å². The molecule has 0 saturated heterocycles. The topological polar surface area (TPSA) is 9.23 Å². The average Bonchev–Trinajstić information content (AvgIpc) is 3.29. The number of hydrogen-bond acceptors (Lipinski definition) is 1. The number of unbranched alkanes of at least 4 members (excludes halogenated alkanes) is 1. The molecular formula is C19H21FO. The second-order valence-corrected chi connectivity index (χ2v) is 5.81. The van der Waals surface area contributed by atoms with Crippen LogP contribution in [0.15, 0.2) is 54.6 Å². The van der Waals surface area contributed by atoms with Crippen molar-refractivity contribution in [2.45, 2.75) is 31.6 Å². The van der Waals surface area contributed by atoms with E-state index in [4.69, 9.17) is 4.74 Å². The van der Waals surface area contributed by atoms with Gasteiger partial charge in [0.1, 0.15) is 11.6 Å². The van der Waals surface area contributed by atoms with Gasteiger partial charge in [0.25, 0.3) is 0 Å². The first-order chi connectivity index (χ1) is 10.3. The van der Waals surface area contributed by atoms with Crippen LogP contribution in [0.2, 0.25) is 0 Å². The van der Waals surface area contributed by atoms with E-state index in [1.807, 2.05) is 0 Å². The lowest BCUT2D eigenvalue weighted by Gasteiger charge is -2.06. The summed E-state index contributed by atoms with van der Waals surface area (Å²) in [5.41, 5.74) is 1.49. The van der Waals surface area contributed by atoms with Crippen LogP contribution in [0, 0.1) is 11.7 Å². The summed E-state index contributed by atoms with van der Waals surface area (Å²) in [6.07, 6.45) is 4.89. The van der Waals surface area contributed by atoms with Crippen molar-refractivity contribution in [3.8, 4) is 5.75 Å². The van der Waals surface area contributed by atoms with Crippen molar-refractivity contribution in [3.05, 3.63) is 66.0 Å². The molecule has 0 heterocycles. The van der Waals surface area contributed by atoms with Gasteiger partial charge < -0.3 is 4.74 Å². The summed E-state index contributed by atoms with van der Waals surface area (Å²) in [7, 11) is 0. The number of benzene rings is 2. The highest BCUT2D eigenvalue weighted by Gasteiger charge is 2.36. The van der Waals surface area contributed by atoms with Gasteiger partial charge in [0, 0.05) is 0 Å². The number of halogens is 1.